The summed E-state index contributed by atoms with van der Waals surface area (Å²) >= 11 is 0. The molecule has 0 spiro atoms. The van der Waals surface area contributed by atoms with Crippen LogP contribution < -0.4 is 9.92 Å². The Morgan fingerprint density at radius 3 is 2.12 bits per heavy atom. The number of hydrogen-bond acceptors (Lipinski definition) is 6. The molecule has 0 saturated heterocycles. The van der Waals surface area contributed by atoms with Gasteiger partial charge in [-0.1, -0.05) is 0 Å². The van der Waals surface area contributed by atoms with Gasteiger partial charge in [0.1, 0.15) is 11.4 Å². The van der Waals surface area contributed by atoms with Gasteiger partial charge in [0.25, 0.3) is 5.91 Å². The molecule has 0 saturated carbocycles. The Morgan fingerprint density at radius 2 is 1.64 bits per heavy atom. The van der Waals surface area contributed by atoms with Crippen molar-refractivity contribution in [2.45, 2.75) is 19.4 Å². The van der Waals surface area contributed by atoms with Gasteiger partial charge in [-0.15, -0.1) is 0 Å². The van der Waals surface area contributed by atoms with Crippen molar-refractivity contribution in [1.82, 2.24) is 9.97 Å². The fourth-order valence-electron chi connectivity index (χ4n) is 1.98. The minimum absolute atomic E-state index is 0.0411. The van der Waals surface area contributed by atoms with Crippen LogP contribution in [0.1, 0.15) is 21.9 Å². The minimum Gasteiger partial charge on any atom is -0.376 e. The van der Waals surface area contributed by atoms with E-state index in [0.29, 0.717) is 17.0 Å². The molecule has 0 aliphatic carbocycles. The number of primary amides is 1. The van der Waals surface area contributed by atoms with Crippen molar-refractivity contribution in [3.05, 3.63) is 41.3 Å². The molecule has 1 heterocycles. The molecule has 1 aromatic carbocycles. The van der Waals surface area contributed by atoms with E-state index in [-0.39, 0.29) is 11.4 Å². The van der Waals surface area contributed by atoms with Crippen molar-refractivity contribution in [3.63, 3.8) is 0 Å². The Balaban J connectivity index is 2.39. The predicted octanol–water partition coefficient (Wildman–Crippen LogP) is 2.09. The molecule has 134 valence electrons. The van der Waals surface area contributed by atoms with Crippen LogP contribution >= 0.6 is 0 Å². The van der Waals surface area contributed by atoms with Gasteiger partial charge in [-0.3, -0.25) is 9.78 Å². The van der Waals surface area contributed by atoms with Crippen molar-refractivity contribution in [2.24, 2.45) is 5.73 Å². The van der Waals surface area contributed by atoms with Crippen LogP contribution in [0.5, 0.6) is 5.75 Å². The van der Waals surface area contributed by atoms with Gasteiger partial charge in [0, 0.05) is 5.56 Å². The van der Waals surface area contributed by atoms with Gasteiger partial charge in [-0.25, -0.2) is 4.98 Å². The second-order valence-electron chi connectivity index (χ2n) is 4.96. The first-order valence-electron chi connectivity index (χ1n) is 6.68. The highest BCUT2D eigenvalue weighted by molar-refractivity contribution is 7.88. The zero-order chi connectivity index (χ0) is 19.0. The maximum absolute atomic E-state index is 12.3. The fourth-order valence-corrected chi connectivity index (χ4v) is 2.44. The van der Waals surface area contributed by atoms with E-state index in [1.165, 1.54) is 12.1 Å². The molecular formula is C14H12F3N3O4S. The van der Waals surface area contributed by atoms with E-state index in [4.69, 9.17) is 5.73 Å². The molecule has 0 fully saturated rings. The maximum atomic E-state index is 12.3. The molecule has 1 aromatic heterocycles. The molecule has 2 aromatic rings. The number of benzene rings is 1. The second-order valence-corrected chi connectivity index (χ2v) is 6.50. The number of aromatic nitrogens is 2. The highest BCUT2D eigenvalue weighted by Gasteiger charge is 2.48. The number of alkyl halides is 3. The average molecular weight is 375 g/mol. The number of carbonyl (C=O) groups is 1. The third kappa shape index (κ3) is 3.87. The molecular weight excluding hydrogens is 363 g/mol. The number of carbonyl (C=O) groups excluding carboxylic acids is 1. The molecule has 0 atom stereocenters. The first-order valence-corrected chi connectivity index (χ1v) is 8.09. The maximum Gasteiger partial charge on any atom is 0.534 e. The minimum atomic E-state index is -5.75. The Labute approximate surface area is 140 Å². The number of hydrogen-bond donors (Lipinski definition) is 1. The molecule has 0 radical (unpaired) electrons. The highest BCUT2D eigenvalue weighted by Crippen LogP contribution is 2.29. The molecule has 0 bridgehead atoms. The van der Waals surface area contributed by atoms with Crippen LogP contribution in [0.25, 0.3) is 11.3 Å². The van der Waals surface area contributed by atoms with Gasteiger partial charge in [0.2, 0.25) is 0 Å². The van der Waals surface area contributed by atoms with E-state index >= 15 is 0 Å². The van der Waals surface area contributed by atoms with E-state index < -0.39 is 27.3 Å². The summed E-state index contributed by atoms with van der Waals surface area (Å²) in [6.45, 7) is 3.18. The number of nitrogens with two attached hydrogens (primary N) is 1. The first kappa shape index (κ1) is 18.6. The first-order chi connectivity index (χ1) is 11.4. The predicted molar refractivity (Wildman–Crippen MR) is 81.1 cm³/mol. The van der Waals surface area contributed by atoms with Gasteiger partial charge in [0.05, 0.1) is 17.1 Å². The molecule has 1 amide bonds. The molecule has 0 aliphatic rings. The van der Waals surface area contributed by atoms with Crippen molar-refractivity contribution < 1.29 is 30.6 Å². The molecule has 0 aliphatic heterocycles. The van der Waals surface area contributed by atoms with E-state index in [2.05, 4.69) is 14.2 Å². The van der Waals surface area contributed by atoms with Gasteiger partial charge < -0.3 is 9.92 Å². The summed E-state index contributed by atoms with van der Waals surface area (Å²) in [5, 5.41) is 0. The molecule has 2 rings (SSSR count). The second kappa shape index (κ2) is 6.31. The number of halogens is 3. The standard InChI is InChI=1S/C14H12F3N3O4S/c1-7-11(20-12(13(18)21)8(2)19-7)9-3-5-10(6-4-9)24-25(22,23)14(15,16)17/h3-6H,1-2H3,(H2,18,21). The van der Waals surface area contributed by atoms with Crippen molar-refractivity contribution in [3.8, 4) is 17.0 Å². The summed E-state index contributed by atoms with van der Waals surface area (Å²) in [6.07, 6.45) is 0. The summed E-state index contributed by atoms with van der Waals surface area (Å²) in [5.41, 5.74) is 1.11. The van der Waals surface area contributed by atoms with E-state index in [0.717, 1.165) is 12.1 Å². The largest absolute Gasteiger partial charge is 0.534 e. The van der Waals surface area contributed by atoms with Crippen LogP contribution in [0.15, 0.2) is 24.3 Å². The quantitative estimate of drug-likeness (QED) is 0.647. The molecule has 2 N–H and O–H groups in total. The van der Waals surface area contributed by atoms with Crippen molar-refractivity contribution >= 4 is 16.0 Å². The van der Waals surface area contributed by atoms with Gasteiger partial charge in [0.15, 0.2) is 0 Å². The Bertz CT molecular complexity index is 926. The van der Waals surface area contributed by atoms with Crippen LogP contribution in [0.4, 0.5) is 13.2 Å². The zero-order valence-electron chi connectivity index (χ0n) is 13.0. The normalized spacial score (nSPS) is 12.0. The van der Waals surface area contributed by atoms with Crippen LogP contribution in [-0.4, -0.2) is 29.8 Å². The van der Waals surface area contributed by atoms with Gasteiger partial charge >= 0.3 is 15.6 Å². The Morgan fingerprint density at radius 1 is 1.08 bits per heavy atom. The van der Waals surface area contributed by atoms with Crippen LogP contribution in [0.2, 0.25) is 0 Å². The lowest BCUT2D eigenvalue weighted by Gasteiger charge is -2.11. The molecule has 11 heteroatoms. The van der Waals surface area contributed by atoms with Crippen molar-refractivity contribution in [1.29, 1.82) is 0 Å². The van der Waals surface area contributed by atoms with Crippen molar-refractivity contribution in [2.75, 3.05) is 0 Å². The molecule has 0 unspecified atom stereocenters. The lowest BCUT2D eigenvalue weighted by Crippen LogP contribution is -2.28. The lowest BCUT2D eigenvalue weighted by atomic mass is 10.1. The zero-order valence-corrected chi connectivity index (χ0v) is 13.8. The summed E-state index contributed by atoms with van der Waals surface area (Å²) in [7, 11) is -5.75. The third-order valence-electron chi connectivity index (χ3n) is 3.09. The summed E-state index contributed by atoms with van der Waals surface area (Å²) in [5.74, 6) is -1.30. The van der Waals surface area contributed by atoms with E-state index in [1.54, 1.807) is 13.8 Å². The number of rotatable bonds is 4. The van der Waals surface area contributed by atoms with Crippen LogP contribution in [0.3, 0.4) is 0 Å². The highest BCUT2D eigenvalue weighted by atomic mass is 32.2. The monoisotopic (exact) mass is 375 g/mol. The van der Waals surface area contributed by atoms with Gasteiger partial charge in [-0.05, 0) is 38.1 Å². The third-order valence-corrected chi connectivity index (χ3v) is 4.07. The van der Waals surface area contributed by atoms with Crippen LogP contribution in [-0.2, 0) is 10.1 Å². The van der Waals surface area contributed by atoms with E-state index in [1.807, 2.05) is 0 Å². The van der Waals surface area contributed by atoms with Gasteiger partial charge in [-0.2, -0.15) is 21.6 Å². The number of aryl methyl sites for hydroxylation is 2. The fraction of sp³-hybridized carbons (Fsp3) is 0.214. The smallest absolute Gasteiger partial charge is 0.376 e. The number of amides is 1. The summed E-state index contributed by atoms with van der Waals surface area (Å²) in [6, 6.07) is 4.64. The Hall–Kier alpha value is -2.69. The topological polar surface area (TPSA) is 112 Å². The molecule has 7 nitrogen and oxygen atoms in total. The average Bonchev–Trinajstić information content (AvgIpc) is 2.46. The summed E-state index contributed by atoms with van der Waals surface area (Å²) < 4.78 is 62.8. The summed E-state index contributed by atoms with van der Waals surface area (Å²) in [4.78, 5) is 19.6. The van der Waals surface area contributed by atoms with E-state index in [9.17, 15) is 26.4 Å². The Kier molecular flexibility index (Phi) is 4.71. The number of nitrogens with zero attached hydrogens (tertiary/aromatic N) is 2. The molecule has 25 heavy (non-hydrogen) atoms. The van der Waals surface area contributed by atoms with Crippen LogP contribution in [0, 0.1) is 13.8 Å². The lowest BCUT2D eigenvalue weighted by molar-refractivity contribution is -0.0500. The SMILES string of the molecule is Cc1nc(C)c(-c2ccc(OS(=O)(=O)C(F)(F)F)cc2)nc1C(N)=O.